The fraction of sp³-hybridized carbons (Fsp3) is 1.00. The van der Waals surface area contributed by atoms with E-state index in [1.54, 1.807) is 0 Å². The van der Waals surface area contributed by atoms with Gasteiger partial charge in [-0.3, -0.25) is 0 Å². The number of aliphatic hydroxyl groups excluding tert-OH is 1. The summed E-state index contributed by atoms with van der Waals surface area (Å²) in [6.07, 6.45) is 11.5. The smallest absolute Gasteiger partial charge is 0.0568 e. The normalized spacial score (nSPS) is 28.2. The van der Waals surface area contributed by atoms with Crippen LogP contribution in [0.15, 0.2) is 0 Å². The molecule has 1 N–H and O–H groups in total. The molecule has 0 aromatic heterocycles. The lowest BCUT2D eigenvalue weighted by atomic mass is 9.95. The van der Waals surface area contributed by atoms with Crippen molar-refractivity contribution in [3.8, 4) is 0 Å². The highest BCUT2D eigenvalue weighted by molar-refractivity contribution is 4.78. The summed E-state index contributed by atoms with van der Waals surface area (Å²) >= 11 is 0. The molecule has 1 saturated carbocycles. The van der Waals surface area contributed by atoms with Gasteiger partial charge in [-0.15, -0.1) is 0 Å². The molecule has 0 bridgehead atoms. The summed E-state index contributed by atoms with van der Waals surface area (Å²) in [5.41, 5.74) is 0. The molecule has 1 fully saturated rings. The standard InChI is InChI=1S/C14H28O/c1-3-4-5-6-7-8-14(15)13-10-9-12(2)11-13/h12-15H,3-11H2,1-2H3. The van der Waals surface area contributed by atoms with Crippen LogP contribution in [0.2, 0.25) is 0 Å². The third-order valence-electron chi connectivity index (χ3n) is 3.88. The number of aliphatic hydroxyl groups is 1. The minimum Gasteiger partial charge on any atom is -0.393 e. The van der Waals surface area contributed by atoms with Crippen LogP contribution in [-0.2, 0) is 0 Å². The molecule has 1 aliphatic carbocycles. The summed E-state index contributed by atoms with van der Waals surface area (Å²) < 4.78 is 0. The Balaban J connectivity index is 2.00. The Kier molecular flexibility index (Phi) is 6.31. The van der Waals surface area contributed by atoms with Gasteiger partial charge in [0, 0.05) is 0 Å². The van der Waals surface area contributed by atoms with E-state index in [9.17, 15) is 5.11 Å². The van der Waals surface area contributed by atoms with Crippen molar-refractivity contribution in [3.63, 3.8) is 0 Å². The van der Waals surface area contributed by atoms with Gasteiger partial charge < -0.3 is 5.11 Å². The number of rotatable bonds is 7. The van der Waals surface area contributed by atoms with Gasteiger partial charge in [-0.05, 0) is 31.1 Å². The zero-order valence-corrected chi connectivity index (χ0v) is 10.5. The van der Waals surface area contributed by atoms with E-state index in [0.717, 1.165) is 12.3 Å². The van der Waals surface area contributed by atoms with Crippen molar-refractivity contribution >= 4 is 0 Å². The lowest BCUT2D eigenvalue weighted by Gasteiger charge is -2.17. The summed E-state index contributed by atoms with van der Waals surface area (Å²) in [6, 6.07) is 0. The fourth-order valence-electron chi connectivity index (χ4n) is 2.79. The fourth-order valence-corrected chi connectivity index (χ4v) is 2.79. The third-order valence-corrected chi connectivity index (χ3v) is 3.88. The van der Waals surface area contributed by atoms with Crippen LogP contribution >= 0.6 is 0 Å². The van der Waals surface area contributed by atoms with Crippen molar-refractivity contribution in [2.45, 2.75) is 77.7 Å². The van der Waals surface area contributed by atoms with Crippen molar-refractivity contribution < 1.29 is 5.11 Å². The average Bonchev–Trinajstić information content (AvgIpc) is 2.64. The third kappa shape index (κ3) is 5.01. The van der Waals surface area contributed by atoms with Gasteiger partial charge in [-0.1, -0.05) is 52.4 Å². The topological polar surface area (TPSA) is 20.2 Å². The summed E-state index contributed by atoms with van der Waals surface area (Å²) in [7, 11) is 0. The summed E-state index contributed by atoms with van der Waals surface area (Å²) in [5, 5.41) is 10.0. The first-order valence-corrected chi connectivity index (χ1v) is 6.92. The second-order valence-electron chi connectivity index (χ2n) is 5.45. The van der Waals surface area contributed by atoms with Crippen LogP contribution in [0.4, 0.5) is 0 Å². The van der Waals surface area contributed by atoms with Crippen LogP contribution in [0, 0.1) is 11.8 Å². The quantitative estimate of drug-likeness (QED) is 0.629. The van der Waals surface area contributed by atoms with Gasteiger partial charge in [0.05, 0.1) is 6.10 Å². The monoisotopic (exact) mass is 212 g/mol. The van der Waals surface area contributed by atoms with Crippen LogP contribution in [0.25, 0.3) is 0 Å². The zero-order valence-electron chi connectivity index (χ0n) is 10.5. The number of hydrogen-bond donors (Lipinski definition) is 1. The lowest BCUT2D eigenvalue weighted by molar-refractivity contribution is 0.0971. The predicted octanol–water partition coefficient (Wildman–Crippen LogP) is 4.14. The van der Waals surface area contributed by atoms with Crippen molar-refractivity contribution in [2.24, 2.45) is 11.8 Å². The molecule has 0 spiro atoms. The van der Waals surface area contributed by atoms with Gasteiger partial charge in [0.2, 0.25) is 0 Å². The molecule has 0 amide bonds. The molecular formula is C14H28O. The molecular weight excluding hydrogens is 184 g/mol. The molecule has 3 atom stereocenters. The summed E-state index contributed by atoms with van der Waals surface area (Å²) in [5.74, 6) is 1.47. The van der Waals surface area contributed by atoms with Crippen molar-refractivity contribution in [1.29, 1.82) is 0 Å². The van der Waals surface area contributed by atoms with E-state index >= 15 is 0 Å². The molecule has 1 heteroatoms. The predicted molar refractivity (Wildman–Crippen MR) is 65.9 cm³/mol. The maximum absolute atomic E-state index is 10.0. The van der Waals surface area contributed by atoms with E-state index in [0.29, 0.717) is 5.92 Å². The minimum atomic E-state index is -0.00317. The van der Waals surface area contributed by atoms with E-state index < -0.39 is 0 Å². The first kappa shape index (κ1) is 13.0. The van der Waals surface area contributed by atoms with Crippen LogP contribution in [-0.4, -0.2) is 11.2 Å². The highest BCUT2D eigenvalue weighted by Gasteiger charge is 2.26. The summed E-state index contributed by atoms with van der Waals surface area (Å²) in [4.78, 5) is 0. The zero-order chi connectivity index (χ0) is 11.1. The number of unbranched alkanes of at least 4 members (excludes halogenated alkanes) is 4. The molecule has 0 aromatic rings. The molecule has 1 aliphatic rings. The lowest BCUT2D eigenvalue weighted by Crippen LogP contribution is -2.17. The highest BCUT2D eigenvalue weighted by atomic mass is 16.3. The molecule has 0 aromatic carbocycles. The first-order valence-electron chi connectivity index (χ1n) is 6.92. The molecule has 0 saturated heterocycles. The Morgan fingerprint density at radius 3 is 2.47 bits per heavy atom. The van der Waals surface area contributed by atoms with Gasteiger partial charge in [0.25, 0.3) is 0 Å². The van der Waals surface area contributed by atoms with Crippen LogP contribution in [0.1, 0.15) is 71.6 Å². The second-order valence-corrected chi connectivity index (χ2v) is 5.45. The van der Waals surface area contributed by atoms with E-state index in [1.165, 1.54) is 51.4 Å². The van der Waals surface area contributed by atoms with Gasteiger partial charge in [0.1, 0.15) is 0 Å². The van der Waals surface area contributed by atoms with E-state index in [-0.39, 0.29) is 6.10 Å². The minimum absolute atomic E-state index is 0.00317. The maximum atomic E-state index is 10.0. The van der Waals surface area contributed by atoms with Crippen molar-refractivity contribution in [2.75, 3.05) is 0 Å². The average molecular weight is 212 g/mol. The van der Waals surface area contributed by atoms with Crippen LogP contribution in [0.3, 0.4) is 0 Å². The maximum Gasteiger partial charge on any atom is 0.0568 e. The van der Waals surface area contributed by atoms with Gasteiger partial charge >= 0.3 is 0 Å². The van der Waals surface area contributed by atoms with Crippen LogP contribution in [0.5, 0.6) is 0 Å². The molecule has 0 radical (unpaired) electrons. The van der Waals surface area contributed by atoms with Crippen molar-refractivity contribution in [1.82, 2.24) is 0 Å². The largest absolute Gasteiger partial charge is 0.393 e. The number of hydrogen-bond acceptors (Lipinski definition) is 1. The molecule has 1 rings (SSSR count). The van der Waals surface area contributed by atoms with Crippen LogP contribution < -0.4 is 0 Å². The first-order chi connectivity index (χ1) is 7.24. The molecule has 1 nitrogen and oxygen atoms in total. The Morgan fingerprint density at radius 1 is 1.13 bits per heavy atom. The van der Waals surface area contributed by atoms with Gasteiger partial charge in [0.15, 0.2) is 0 Å². The SMILES string of the molecule is CCCCCCCC(O)C1CCC(C)C1. The Hall–Kier alpha value is -0.0400. The molecule has 0 aliphatic heterocycles. The Morgan fingerprint density at radius 2 is 1.87 bits per heavy atom. The molecule has 90 valence electrons. The molecule has 15 heavy (non-hydrogen) atoms. The van der Waals surface area contributed by atoms with Gasteiger partial charge in [-0.25, -0.2) is 0 Å². The van der Waals surface area contributed by atoms with E-state index in [1.807, 2.05) is 0 Å². The Bertz CT molecular complexity index is 155. The summed E-state index contributed by atoms with van der Waals surface area (Å²) in [6.45, 7) is 4.56. The second kappa shape index (κ2) is 7.27. The van der Waals surface area contributed by atoms with Gasteiger partial charge in [-0.2, -0.15) is 0 Å². The molecule has 0 heterocycles. The van der Waals surface area contributed by atoms with E-state index in [4.69, 9.17) is 0 Å². The van der Waals surface area contributed by atoms with Crippen molar-refractivity contribution in [3.05, 3.63) is 0 Å². The Labute approximate surface area is 95.3 Å². The highest BCUT2D eigenvalue weighted by Crippen LogP contribution is 2.34. The molecule has 3 unspecified atom stereocenters. The van der Waals surface area contributed by atoms with E-state index in [2.05, 4.69) is 13.8 Å².